The van der Waals surface area contributed by atoms with Crippen LogP contribution in [0.5, 0.6) is 0 Å². The molecule has 0 fully saturated rings. The van der Waals surface area contributed by atoms with Crippen molar-refractivity contribution in [1.29, 1.82) is 0 Å². The first kappa shape index (κ1) is 39.6. The molecule has 0 N–H and O–H groups in total. The fraction of sp³-hybridized carbons (Fsp3) is 0.0476. The third-order valence-corrected chi connectivity index (χ3v) is 13.1. The molecule has 0 radical (unpaired) electrons. The van der Waals surface area contributed by atoms with E-state index in [1.165, 1.54) is 94.1 Å². The Labute approximate surface area is 382 Å². The molecule has 0 amide bonds. The van der Waals surface area contributed by atoms with E-state index in [4.69, 9.17) is 0 Å². The second-order valence-corrected chi connectivity index (χ2v) is 17.0. The number of rotatable bonds is 9. The monoisotopic (exact) mass is 832 g/mol. The second-order valence-electron chi connectivity index (χ2n) is 17.0. The van der Waals surface area contributed by atoms with Gasteiger partial charge in [0.05, 0.1) is 11.0 Å². The average molecular weight is 833 g/mol. The van der Waals surface area contributed by atoms with Gasteiger partial charge in [0.15, 0.2) is 0 Å². The van der Waals surface area contributed by atoms with Gasteiger partial charge in [0.2, 0.25) is 0 Å². The zero-order valence-corrected chi connectivity index (χ0v) is 36.9. The Kier molecular flexibility index (Phi) is 10.3. The number of fused-ring (bicyclic) bond motifs is 3. The Morgan fingerprint density at radius 3 is 1.51 bits per heavy atom. The van der Waals surface area contributed by atoms with Crippen LogP contribution in [0.2, 0.25) is 0 Å². The molecule has 0 aliphatic rings. The van der Waals surface area contributed by atoms with Gasteiger partial charge < -0.3 is 9.47 Å². The highest BCUT2D eigenvalue weighted by atomic mass is 15.1. The maximum Gasteiger partial charge on any atom is 0.0547 e. The van der Waals surface area contributed by atoms with Crippen molar-refractivity contribution in [2.24, 2.45) is 0 Å². The summed E-state index contributed by atoms with van der Waals surface area (Å²) in [5, 5.41) is 2.50. The zero-order chi connectivity index (χ0) is 43.9. The van der Waals surface area contributed by atoms with Crippen molar-refractivity contribution in [3.63, 3.8) is 0 Å². The van der Waals surface area contributed by atoms with E-state index < -0.39 is 0 Å². The van der Waals surface area contributed by atoms with Crippen LogP contribution in [0.4, 0.5) is 17.1 Å². The predicted octanol–water partition coefficient (Wildman–Crippen LogP) is 17.5. The number of benzene rings is 10. The number of para-hydroxylation sites is 2. The lowest BCUT2D eigenvalue weighted by Gasteiger charge is -2.29. The Balaban J connectivity index is 1.11. The molecule has 0 saturated carbocycles. The van der Waals surface area contributed by atoms with Crippen molar-refractivity contribution in [2.45, 2.75) is 20.8 Å². The summed E-state index contributed by atoms with van der Waals surface area (Å²) in [6.45, 7) is 6.76. The van der Waals surface area contributed by atoms with Crippen molar-refractivity contribution in [1.82, 2.24) is 4.57 Å². The number of anilines is 3. The summed E-state index contributed by atoms with van der Waals surface area (Å²) in [5.41, 5.74) is 22.7. The largest absolute Gasteiger partial charge is 0.310 e. The molecule has 0 saturated heterocycles. The molecule has 1 aromatic heterocycles. The molecule has 0 atom stereocenters. The van der Waals surface area contributed by atoms with E-state index in [1.54, 1.807) is 0 Å². The summed E-state index contributed by atoms with van der Waals surface area (Å²) in [4.78, 5) is 2.46. The van der Waals surface area contributed by atoms with Crippen LogP contribution in [0.3, 0.4) is 0 Å². The average Bonchev–Trinajstić information content (AvgIpc) is 3.71. The number of aryl methyl sites for hydroxylation is 1. The first-order chi connectivity index (χ1) is 32.0. The first-order valence-electron chi connectivity index (χ1n) is 22.5. The van der Waals surface area contributed by atoms with Crippen molar-refractivity contribution in [3.05, 3.63) is 253 Å². The van der Waals surface area contributed by atoms with Gasteiger partial charge in [-0.15, -0.1) is 0 Å². The quantitative estimate of drug-likeness (QED) is 0.141. The van der Waals surface area contributed by atoms with Crippen molar-refractivity contribution in [3.8, 4) is 61.3 Å². The molecule has 310 valence electrons. The topological polar surface area (TPSA) is 8.17 Å². The standard InChI is InChI=1S/C63H48N2/c1-43-20-13-14-27-54(43)55-29-17-30-56(44(55)2)57-31-18-34-60(45(57)3)64(53-41-49(46-21-7-4-8-22-46)40-50(42-53)47-23-9-5-10-24-47)52-38-36-48(37-39-52)58-32-19-35-62-63(58)59-28-15-16-33-61(59)65(62)51-25-11-6-12-26-51/h4-42H,1-3H3. The second kappa shape index (κ2) is 16.8. The molecule has 0 unspecified atom stereocenters. The lowest BCUT2D eigenvalue weighted by Crippen LogP contribution is -2.12. The van der Waals surface area contributed by atoms with E-state index in [9.17, 15) is 0 Å². The summed E-state index contributed by atoms with van der Waals surface area (Å²) in [7, 11) is 0. The minimum absolute atomic E-state index is 1.09. The van der Waals surface area contributed by atoms with Crippen LogP contribution >= 0.6 is 0 Å². The Morgan fingerprint density at radius 1 is 0.323 bits per heavy atom. The van der Waals surface area contributed by atoms with Crippen LogP contribution in [-0.4, -0.2) is 4.57 Å². The van der Waals surface area contributed by atoms with Crippen LogP contribution in [0.25, 0.3) is 83.1 Å². The van der Waals surface area contributed by atoms with E-state index in [1.807, 2.05) is 0 Å². The van der Waals surface area contributed by atoms with Crippen molar-refractivity contribution < 1.29 is 0 Å². The molecular formula is C63H48N2. The zero-order valence-electron chi connectivity index (χ0n) is 36.9. The maximum atomic E-state index is 2.46. The Morgan fingerprint density at radius 2 is 0.831 bits per heavy atom. The van der Waals surface area contributed by atoms with Crippen molar-refractivity contribution >= 4 is 38.9 Å². The lowest BCUT2D eigenvalue weighted by molar-refractivity contribution is 1.18. The van der Waals surface area contributed by atoms with Gasteiger partial charge in [-0.05, 0) is 154 Å². The van der Waals surface area contributed by atoms with Gasteiger partial charge in [0.1, 0.15) is 0 Å². The third kappa shape index (κ3) is 7.20. The van der Waals surface area contributed by atoms with Gasteiger partial charge >= 0.3 is 0 Å². The fourth-order valence-electron chi connectivity index (χ4n) is 9.92. The molecule has 0 bridgehead atoms. The summed E-state index contributed by atoms with van der Waals surface area (Å²) in [6.07, 6.45) is 0. The summed E-state index contributed by atoms with van der Waals surface area (Å²) in [5.74, 6) is 0. The molecule has 11 aromatic rings. The third-order valence-electron chi connectivity index (χ3n) is 13.1. The van der Waals surface area contributed by atoms with Gasteiger partial charge in [-0.2, -0.15) is 0 Å². The van der Waals surface area contributed by atoms with E-state index in [-0.39, 0.29) is 0 Å². The van der Waals surface area contributed by atoms with Gasteiger partial charge in [-0.3, -0.25) is 0 Å². The molecule has 0 aliphatic heterocycles. The van der Waals surface area contributed by atoms with Gasteiger partial charge in [0, 0.05) is 33.5 Å². The maximum absolute atomic E-state index is 2.46. The summed E-state index contributed by atoms with van der Waals surface area (Å²) < 4.78 is 2.39. The molecule has 10 aromatic carbocycles. The highest BCUT2D eigenvalue weighted by molar-refractivity contribution is 6.15. The van der Waals surface area contributed by atoms with E-state index in [0.29, 0.717) is 0 Å². The number of aromatic nitrogens is 1. The Hall–Kier alpha value is -8.20. The summed E-state index contributed by atoms with van der Waals surface area (Å²) >= 11 is 0. The van der Waals surface area contributed by atoms with Gasteiger partial charge in [-0.25, -0.2) is 0 Å². The van der Waals surface area contributed by atoms with Gasteiger partial charge in [-0.1, -0.05) is 176 Å². The highest BCUT2D eigenvalue weighted by Crippen LogP contribution is 2.45. The molecule has 65 heavy (non-hydrogen) atoms. The van der Waals surface area contributed by atoms with Crippen LogP contribution in [0.15, 0.2) is 237 Å². The van der Waals surface area contributed by atoms with Crippen molar-refractivity contribution in [2.75, 3.05) is 4.90 Å². The highest BCUT2D eigenvalue weighted by Gasteiger charge is 2.22. The molecule has 11 rings (SSSR count). The smallest absolute Gasteiger partial charge is 0.0547 e. The van der Waals surface area contributed by atoms with Crippen LogP contribution in [0.1, 0.15) is 16.7 Å². The first-order valence-corrected chi connectivity index (χ1v) is 22.5. The molecule has 0 spiro atoms. The number of nitrogens with zero attached hydrogens (tertiary/aromatic N) is 2. The molecule has 2 heteroatoms. The number of hydrogen-bond acceptors (Lipinski definition) is 1. The molecular weight excluding hydrogens is 785 g/mol. The molecule has 2 nitrogen and oxygen atoms in total. The number of hydrogen-bond donors (Lipinski definition) is 0. The van der Waals surface area contributed by atoms with E-state index in [2.05, 4.69) is 267 Å². The predicted molar refractivity (Wildman–Crippen MR) is 277 cm³/mol. The minimum Gasteiger partial charge on any atom is -0.310 e. The Bertz CT molecular complexity index is 3430. The van der Waals surface area contributed by atoms with Crippen LogP contribution in [0, 0.1) is 20.8 Å². The minimum atomic E-state index is 1.09. The lowest BCUT2D eigenvalue weighted by atomic mass is 9.89. The molecule has 1 heterocycles. The van der Waals surface area contributed by atoms with E-state index >= 15 is 0 Å². The van der Waals surface area contributed by atoms with Gasteiger partial charge in [0.25, 0.3) is 0 Å². The van der Waals surface area contributed by atoms with E-state index in [0.717, 1.165) is 22.7 Å². The normalized spacial score (nSPS) is 11.3. The summed E-state index contributed by atoms with van der Waals surface area (Å²) in [6, 6.07) is 86.2. The van der Waals surface area contributed by atoms with Crippen LogP contribution < -0.4 is 4.90 Å². The fourth-order valence-corrected chi connectivity index (χ4v) is 9.92. The van der Waals surface area contributed by atoms with Crippen LogP contribution in [-0.2, 0) is 0 Å². The SMILES string of the molecule is Cc1ccccc1-c1cccc(-c2cccc(N(c3ccc(-c4cccc5c4c4ccccc4n5-c4ccccc4)cc3)c3cc(-c4ccccc4)cc(-c4ccccc4)c3)c2C)c1C. The molecule has 0 aliphatic carbocycles.